The Bertz CT molecular complexity index is 852. The van der Waals surface area contributed by atoms with Gasteiger partial charge in [0, 0.05) is 5.92 Å². The van der Waals surface area contributed by atoms with Gasteiger partial charge in [-0.05, 0) is 35.4 Å². The predicted octanol–water partition coefficient (Wildman–Crippen LogP) is 2.31. The molecule has 144 valence electrons. The number of phenolic OH excluding ortho intramolecular Hbond substituents is 2. The van der Waals surface area contributed by atoms with Gasteiger partial charge in [-0.25, -0.2) is 0 Å². The Morgan fingerprint density at radius 1 is 0.963 bits per heavy atom. The average molecular weight is 374 g/mol. The predicted molar refractivity (Wildman–Crippen MR) is 95.1 cm³/mol. The molecule has 7 heteroatoms. The Hall–Kier alpha value is -2.48. The lowest BCUT2D eigenvalue weighted by Crippen LogP contribution is -2.39. The number of methoxy groups -OCH3 is 2. The van der Waals surface area contributed by atoms with Gasteiger partial charge in [-0.15, -0.1) is 0 Å². The Balaban J connectivity index is 1.73. The zero-order chi connectivity index (χ0) is 19.2. The maximum atomic E-state index is 11.4. The number of rotatable bonds is 4. The average Bonchev–Trinajstić information content (AvgIpc) is 3.18. The Labute approximate surface area is 156 Å². The summed E-state index contributed by atoms with van der Waals surface area (Å²) in [5.41, 5.74) is 0.264. The van der Waals surface area contributed by atoms with Gasteiger partial charge < -0.3 is 34.3 Å². The molecule has 0 aliphatic carbocycles. The number of phenols is 2. The van der Waals surface area contributed by atoms with Crippen molar-refractivity contribution in [3.05, 3.63) is 47.5 Å². The molecule has 27 heavy (non-hydrogen) atoms. The van der Waals surface area contributed by atoms with E-state index >= 15 is 0 Å². The number of hydrogen-bond donors (Lipinski definition) is 3. The largest absolute Gasteiger partial charge is 0.504 e. The standard InChI is InChI=1S/C20H22O7/c1-24-16-7-11(3-5-14(16)21)18-13-9-26-10-20(13,23)19(27-18)12-4-6-15(22)17(8-12)25-2/h3-8,13,18-19,21-23H,9-10H2,1-2H3/t13-,18-,19+,20+/m0/s1. The van der Waals surface area contributed by atoms with E-state index in [0.29, 0.717) is 23.7 Å². The summed E-state index contributed by atoms with van der Waals surface area (Å²) in [6, 6.07) is 9.88. The van der Waals surface area contributed by atoms with Crippen molar-refractivity contribution in [1.82, 2.24) is 0 Å². The van der Waals surface area contributed by atoms with Crippen LogP contribution in [0.25, 0.3) is 0 Å². The van der Waals surface area contributed by atoms with Gasteiger partial charge >= 0.3 is 0 Å². The summed E-state index contributed by atoms with van der Waals surface area (Å²) >= 11 is 0. The van der Waals surface area contributed by atoms with E-state index in [1.165, 1.54) is 20.3 Å². The van der Waals surface area contributed by atoms with Gasteiger partial charge in [0.1, 0.15) is 11.7 Å². The number of hydrogen-bond acceptors (Lipinski definition) is 7. The van der Waals surface area contributed by atoms with Crippen molar-refractivity contribution < 1.29 is 34.3 Å². The Kier molecular flexibility index (Phi) is 4.38. The lowest BCUT2D eigenvalue weighted by Gasteiger charge is -2.26. The van der Waals surface area contributed by atoms with Crippen molar-refractivity contribution in [2.75, 3.05) is 27.4 Å². The first-order chi connectivity index (χ1) is 13.0. The molecule has 0 aromatic heterocycles. The van der Waals surface area contributed by atoms with E-state index in [-0.39, 0.29) is 24.0 Å². The lowest BCUT2D eigenvalue weighted by molar-refractivity contribution is -0.0706. The van der Waals surface area contributed by atoms with Crippen LogP contribution in [-0.2, 0) is 9.47 Å². The molecule has 3 N–H and O–H groups in total. The number of aromatic hydroxyl groups is 2. The first-order valence-corrected chi connectivity index (χ1v) is 8.67. The highest BCUT2D eigenvalue weighted by molar-refractivity contribution is 5.45. The van der Waals surface area contributed by atoms with E-state index < -0.39 is 17.8 Å². The maximum Gasteiger partial charge on any atom is 0.160 e. The van der Waals surface area contributed by atoms with Crippen molar-refractivity contribution in [2.45, 2.75) is 17.8 Å². The molecule has 2 aromatic carbocycles. The van der Waals surface area contributed by atoms with Crippen molar-refractivity contribution in [1.29, 1.82) is 0 Å². The zero-order valence-electron chi connectivity index (χ0n) is 15.1. The summed E-state index contributed by atoms with van der Waals surface area (Å²) in [5.74, 6) is 0.428. The SMILES string of the molecule is COc1cc([C@H]2O[C@@H](c3ccc(O)c(OC)c3)[C@@H]3COC[C@]23O)ccc1O. The normalized spacial score (nSPS) is 29.5. The molecule has 0 radical (unpaired) electrons. The van der Waals surface area contributed by atoms with E-state index in [9.17, 15) is 15.3 Å². The lowest BCUT2D eigenvalue weighted by atomic mass is 9.81. The van der Waals surface area contributed by atoms with E-state index in [4.69, 9.17) is 18.9 Å². The molecule has 2 aliphatic rings. The molecule has 2 heterocycles. The second-order valence-corrected chi connectivity index (χ2v) is 6.91. The van der Waals surface area contributed by atoms with Gasteiger partial charge in [0.05, 0.1) is 33.5 Å². The molecule has 4 atom stereocenters. The second-order valence-electron chi connectivity index (χ2n) is 6.91. The van der Waals surface area contributed by atoms with Crippen LogP contribution in [0, 0.1) is 5.92 Å². The van der Waals surface area contributed by atoms with E-state index in [2.05, 4.69) is 0 Å². The van der Waals surface area contributed by atoms with Gasteiger partial charge in [0.2, 0.25) is 0 Å². The molecule has 0 unspecified atom stereocenters. The molecule has 7 nitrogen and oxygen atoms in total. The topological polar surface area (TPSA) is 97.6 Å². The molecule has 2 fully saturated rings. The van der Waals surface area contributed by atoms with Crippen molar-refractivity contribution in [3.63, 3.8) is 0 Å². The molecule has 2 aliphatic heterocycles. The molecule has 0 amide bonds. The van der Waals surface area contributed by atoms with Crippen molar-refractivity contribution in [3.8, 4) is 23.0 Å². The van der Waals surface area contributed by atoms with E-state index in [1.807, 2.05) is 0 Å². The molecule has 0 bridgehead atoms. The second kappa shape index (κ2) is 6.60. The van der Waals surface area contributed by atoms with Gasteiger partial charge in [0.15, 0.2) is 23.0 Å². The quantitative estimate of drug-likeness (QED) is 0.755. The molecule has 0 saturated carbocycles. The third kappa shape index (κ3) is 2.79. The summed E-state index contributed by atoms with van der Waals surface area (Å²) in [5, 5.41) is 31.1. The number of ether oxygens (including phenoxy) is 4. The fourth-order valence-corrected chi connectivity index (χ4v) is 3.99. The van der Waals surface area contributed by atoms with Crippen LogP contribution < -0.4 is 9.47 Å². The van der Waals surface area contributed by atoms with Crippen molar-refractivity contribution >= 4 is 0 Å². The minimum absolute atomic E-state index is 0.0188. The minimum Gasteiger partial charge on any atom is -0.504 e. The van der Waals surface area contributed by atoms with Crippen LogP contribution in [0.2, 0.25) is 0 Å². The first-order valence-electron chi connectivity index (χ1n) is 8.67. The number of benzene rings is 2. The molecule has 2 aromatic rings. The Morgan fingerprint density at radius 2 is 1.56 bits per heavy atom. The number of fused-ring (bicyclic) bond motifs is 1. The molecule has 2 saturated heterocycles. The van der Waals surface area contributed by atoms with Gasteiger partial charge in [-0.3, -0.25) is 0 Å². The molecular weight excluding hydrogens is 352 g/mol. The summed E-state index contributed by atoms with van der Waals surface area (Å²) in [7, 11) is 2.95. The molecular formula is C20H22O7. The van der Waals surface area contributed by atoms with Gasteiger partial charge in [-0.1, -0.05) is 12.1 Å². The van der Waals surface area contributed by atoms with Crippen LogP contribution in [0.15, 0.2) is 36.4 Å². The summed E-state index contributed by atoms with van der Waals surface area (Å²) in [6.07, 6.45) is -1.08. The maximum absolute atomic E-state index is 11.4. The van der Waals surface area contributed by atoms with Crippen LogP contribution in [0.5, 0.6) is 23.0 Å². The van der Waals surface area contributed by atoms with Gasteiger partial charge in [0.25, 0.3) is 0 Å². The highest BCUT2D eigenvalue weighted by Crippen LogP contribution is 2.55. The summed E-state index contributed by atoms with van der Waals surface area (Å²) in [4.78, 5) is 0. The summed E-state index contributed by atoms with van der Waals surface area (Å²) < 4.78 is 22.2. The van der Waals surface area contributed by atoms with Crippen LogP contribution in [0.1, 0.15) is 23.3 Å². The van der Waals surface area contributed by atoms with Crippen LogP contribution in [0.3, 0.4) is 0 Å². The highest BCUT2D eigenvalue weighted by Gasteiger charge is 2.59. The molecule has 0 spiro atoms. The fourth-order valence-electron chi connectivity index (χ4n) is 3.99. The summed E-state index contributed by atoms with van der Waals surface area (Å²) in [6.45, 7) is 0.507. The van der Waals surface area contributed by atoms with E-state index in [1.54, 1.807) is 30.3 Å². The fraction of sp³-hybridized carbons (Fsp3) is 0.400. The van der Waals surface area contributed by atoms with Crippen molar-refractivity contribution in [2.24, 2.45) is 5.92 Å². The highest BCUT2D eigenvalue weighted by atomic mass is 16.6. The van der Waals surface area contributed by atoms with Gasteiger partial charge in [-0.2, -0.15) is 0 Å². The number of aliphatic hydroxyl groups is 1. The van der Waals surface area contributed by atoms with Crippen LogP contribution in [-0.4, -0.2) is 48.4 Å². The zero-order valence-corrected chi connectivity index (χ0v) is 15.1. The monoisotopic (exact) mass is 374 g/mol. The third-order valence-corrected chi connectivity index (χ3v) is 5.41. The van der Waals surface area contributed by atoms with Crippen LogP contribution >= 0.6 is 0 Å². The Morgan fingerprint density at radius 3 is 2.19 bits per heavy atom. The third-order valence-electron chi connectivity index (χ3n) is 5.41. The molecule has 4 rings (SSSR count). The first kappa shape index (κ1) is 17.9. The minimum atomic E-state index is -1.21. The smallest absolute Gasteiger partial charge is 0.160 e. The van der Waals surface area contributed by atoms with E-state index in [0.717, 1.165) is 5.56 Å². The van der Waals surface area contributed by atoms with Crippen LogP contribution in [0.4, 0.5) is 0 Å².